The van der Waals surface area contributed by atoms with Crippen molar-refractivity contribution in [2.45, 2.75) is 45.7 Å². The van der Waals surface area contributed by atoms with E-state index in [1.54, 1.807) is 16.8 Å². The molecule has 0 saturated carbocycles. The van der Waals surface area contributed by atoms with Crippen LogP contribution in [0.15, 0.2) is 54.6 Å². The summed E-state index contributed by atoms with van der Waals surface area (Å²) in [6, 6.07) is 15.7. The molecule has 2 unspecified atom stereocenters. The highest BCUT2D eigenvalue weighted by Crippen LogP contribution is 2.43. The van der Waals surface area contributed by atoms with Crippen LogP contribution >= 0.6 is 0 Å². The number of para-hydroxylation sites is 1. The van der Waals surface area contributed by atoms with Gasteiger partial charge in [0, 0.05) is 18.7 Å². The van der Waals surface area contributed by atoms with Gasteiger partial charge in [0.15, 0.2) is 0 Å². The van der Waals surface area contributed by atoms with Gasteiger partial charge in [-0.15, -0.1) is 0 Å². The molecule has 0 N–H and O–H groups in total. The second-order valence-electron chi connectivity index (χ2n) is 9.58. The smallest absolute Gasteiger partial charge is 0.273 e. The summed E-state index contributed by atoms with van der Waals surface area (Å²) in [6.45, 7) is 7.35. The van der Waals surface area contributed by atoms with E-state index in [9.17, 15) is 14.0 Å². The zero-order chi connectivity index (χ0) is 24.0. The largest absolute Gasteiger partial charge is 0.340 e. The first-order chi connectivity index (χ1) is 16.3. The monoisotopic (exact) mass is 460 g/mol. The first-order valence-corrected chi connectivity index (χ1v) is 11.8. The summed E-state index contributed by atoms with van der Waals surface area (Å²) in [6.07, 6.45) is 0.975. The lowest BCUT2D eigenvalue weighted by atomic mass is 9.95. The number of amides is 2. The van der Waals surface area contributed by atoms with Crippen molar-refractivity contribution in [2.75, 3.05) is 13.1 Å². The molecule has 2 atom stereocenters. The molecule has 2 amide bonds. The fourth-order valence-corrected chi connectivity index (χ4v) is 5.37. The van der Waals surface area contributed by atoms with Crippen molar-refractivity contribution < 1.29 is 14.0 Å². The minimum atomic E-state index is -0.311. The second kappa shape index (κ2) is 8.70. The van der Waals surface area contributed by atoms with Gasteiger partial charge in [-0.25, -0.2) is 9.07 Å². The molecule has 0 bridgehead atoms. The van der Waals surface area contributed by atoms with E-state index in [1.807, 2.05) is 47.1 Å². The molecule has 1 fully saturated rings. The molecule has 0 spiro atoms. The molecule has 0 radical (unpaired) electrons. The number of hydrogen-bond acceptors (Lipinski definition) is 3. The van der Waals surface area contributed by atoms with Gasteiger partial charge in [0.1, 0.15) is 11.5 Å². The lowest BCUT2D eigenvalue weighted by Crippen LogP contribution is -2.43. The Kier molecular flexibility index (Phi) is 5.71. The third-order valence-corrected chi connectivity index (χ3v) is 6.95. The van der Waals surface area contributed by atoms with Crippen LogP contribution in [0.5, 0.6) is 0 Å². The number of likely N-dealkylation sites (tertiary alicyclic amines) is 1. The number of rotatable bonds is 5. The van der Waals surface area contributed by atoms with E-state index in [0.717, 1.165) is 28.9 Å². The van der Waals surface area contributed by atoms with Gasteiger partial charge in [-0.2, -0.15) is 5.10 Å². The molecule has 7 heteroatoms. The lowest BCUT2D eigenvalue weighted by molar-refractivity contribution is -0.129. The Labute approximate surface area is 199 Å². The predicted molar refractivity (Wildman–Crippen MR) is 127 cm³/mol. The van der Waals surface area contributed by atoms with E-state index in [4.69, 9.17) is 5.10 Å². The summed E-state index contributed by atoms with van der Waals surface area (Å²) in [5.74, 6) is -0.114. The van der Waals surface area contributed by atoms with Gasteiger partial charge >= 0.3 is 0 Å². The summed E-state index contributed by atoms with van der Waals surface area (Å²) in [5, 5.41) is 4.72. The van der Waals surface area contributed by atoms with Crippen LogP contribution in [0.3, 0.4) is 0 Å². The van der Waals surface area contributed by atoms with Crippen LogP contribution in [0, 0.1) is 18.7 Å². The van der Waals surface area contributed by atoms with E-state index in [1.165, 1.54) is 12.1 Å². The summed E-state index contributed by atoms with van der Waals surface area (Å²) in [4.78, 5) is 30.6. The molecule has 5 rings (SSSR count). The minimum Gasteiger partial charge on any atom is -0.340 e. The highest BCUT2D eigenvalue weighted by Gasteiger charge is 2.48. The summed E-state index contributed by atoms with van der Waals surface area (Å²) >= 11 is 0. The van der Waals surface area contributed by atoms with E-state index in [2.05, 4.69) is 13.8 Å². The first kappa shape index (κ1) is 22.3. The predicted octanol–water partition coefficient (Wildman–Crippen LogP) is 4.32. The molecule has 34 heavy (non-hydrogen) atoms. The third-order valence-electron chi connectivity index (χ3n) is 6.95. The zero-order valence-electron chi connectivity index (χ0n) is 19.7. The summed E-state index contributed by atoms with van der Waals surface area (Å²) in [5.41, 5.74) is 4.17. The maximum atomic E-state index is 13.8. The highest BCUT2D eigenvalue weighted by atomic mass is 19.1. The first-order valence-electron chi connectivity index (χ1n) is 11.8. The number of fused-ring (bicyclic) bond motifs is 1. The Morgan fingerprint density at radius 2 is 1.82 bits per heavy atom. The quantitative estimate of drug-likeness (QED) is 0.570. The standard InChI is InChI=1S/C27H29FN4O2/c1-17(2)25-24-18(3)29-32(21-7-5-4-6-8-21)26(24)27(34)31(25)22-13-14-30(16-22)23(33)15-19-9-11-20(28)12-10-19/h4-12,17,22,25H,13-16H2,1-3H3. The average molecular weight is 461 g/mol. The van der Waals surface area contributed by atoms with E-state index in [0.29, 0.717) is 18.8 Å². The van der Waals surface area contributed by atoms with Gasteiger partial charge in [0.05, 0.1) is 29.9 Å². The second-order valence-corrected chi connectivity index (χ2v) is 9.58. The van der Waals surface area contributed by atoms with Gasteiger partial charge in [-0.3, -0.25) is 9.59 Å². The van der Waals surface area contributed by atoms with Crippen molar-refractivity contribution in [3.8, 4) is 5.69 Å². The highest BCUT2D eigenvalue weighted by molar-refractivity contribution is 5.99. The number of aryl methyl sites for hydroxylation is 1. The molecule has 1 saturated heterocycles. The molecular formula is C27H29FN4O2. The minimum absolute atomic E-state index is 0.00556. The summed E-state index contributed by atoms with van der Waals surface area (Å²) in [7, 11) is 0. The van der Waals surface area contributed by atoms with Crippen molar-refractivity contribution in [1.29, 1.82) is 0 Å². The molecule has 2 aromatic carbocycles. The van der Waals surface area contributed by atoms with E-state index >= 15 is 0 Å². The molecule has 2 aliphatic rings. The maximum absolute atomic E-state index is 13.8. The van der Waals surface area contributed by atoms with Gasteiger partial charge < -0.3 is 9.80 Å². The number of aromatic nitrogens is 2. The van der Waals surface area contributed by atoms with Crippen molar-refractivity contribution in [3.63, 3.8) is 0 Å². The fourth-order valence-electron chi connectivity index (χ4n) is 5.37. The van der Waals surface area contributed by atoms with Crippen LogP contribution in [0.4, 0.5) is 4.39 Å². The van der Waals surface area contributed by atoms with Crippen molar-refractivity contribution >= 4 is 11.8 Å². The number of hydrogen-bond donors (Lipinski definition) is 0. The molecule has 3 aromatic rings. The van der Waals surface area contributed by atoms with Crippen LogP contribution in [0.2, 0.25) is 0 Å². The number of carbonyl (C=O) groups is 2. The van der Waals surface area contributed by atoms with Crippen LogP contribution in [-0.4, -0.2) is 50.5 Å². The lowest BCUT2D eigenvalue weighted by Gasteiger charge is -2.33. The van der Waals surface area contributed by atoms with Crippen LogP contribution in [0.1, 0.15) is 53.6 Å². The van der Waals surface area contributed by atoms with Gasteiger partial charge in [0.25, 0.3) is 5.91 Å². The van der Waals surface area contributed by atoms with E-state index < -0.39 is 0 Å². The number of halogens is 1. The molecule has 176 valence electrons. The van der Waals surface area contributed by atoms with Crippen molar-refractivity contribution in [3.05, 3.63) is 82.9 Å². The fraction of sp³-hybridized carbons (Fsp3) is 0.370. The van der Waals surface area contributed by atoms with Crippen molar-refractivity contribution in [2.24, 2.45) is 5.92 Å². The van der Waals surface area contributed by atoms with Gasteiger partial charge in [-0.1, -0.05) is 44.2 Å². The molecule has 2 aliphatic heterocycles. The number of nitrogens with zero attached hydrogens (tertiary/aromatic N) is 4. The molecule has 6 nitrogen and oxygen atoms in total. The average Bonchev–Trinajstić information content (AvgIpc) is 3.51. The van der Waals surface area contributed by atoms with Crippen molar-refractivity contribution in [1.82, 2.24) is 19.6 Å². The molecule has 1 aromatic heterocycles. The Balaban J connectivity index is 1.40. The van der Waals surface area contributed by atoms with Gasteiger partial charge in [-0.05, 0) is 49.1 Å². The normalized spacial score (nSPS) is 19.9. The SMILES string of the molecule is Cc1nn(-c2ccccc2)c2c1C(C(C)C)N(C1CCN(C(=O)Cc3ccc(F)cc3)C1)C2=O. The summed E-state index contributed by atoms with van der Waals surface area (Å²) < 4.78 is 15.0. The Hall–Kier alpha value is -3.48. The number of benzene rings is 2. The Morgan fingerprint density at radius 3 is 2.50 bits per heavy atom. The van der Waals surface area contributed by atoms with Crippen LogP contribution in [-0.2, 0) is 11.2 Å². The maximum Gasteiger partial charge on any atom is 0.273 e. The molecular weight excluding hydrogens is 431 g/mol. The Morgan fingerprint density at radius 1 is 1.12 bits per heavy atom. The van der Waals surface area contributed by atoms with E-state index in [-0.39, 0.29) is 42.1 Å². The molecule has 0 aliphatic carbocycles. The third kappa shape index (κ3) is 3.79. The Bertz CT molecular complexity index is 1220. The van der Waals surface area contributed by atoms with Crippen LogP contribution in [0.25, 0.3) is 5.69 Å². The van der Waals surface area contributed by atoms with Gasteiger partial charge in [0.2, 0.25) is 5.91 Å². The van der Waals surface area contributed by atoms with Crippen LogP contribution < -0.4 is 0 Å². The number of carbonyl (C=O) groups excluding carboxylic acids is 2. The topological polar surface area (TPSA) is 58.4 Å². The molecule has 3 heterocycles. The zero-order valence-corrected chi connectivity index (χ0v) is 19.7.